The van der Waals surface area contributed by atoms with Gasteiger partial charge < -0.3 is 14.4 Å². The van der Waals surface area contributed by atoms with E-state index in [1.165, 1.54) is 31.0 Å². The van der Waals surface area contributed by atoms with Crippen molar-refractivity contribution in [3.63, 3.8) is 0 Å². The third-order valence-corrected chi connectivity index (χ3v) is 6.58. The summed E-state index contributed by atoms with van der Waals surface area (Å²) in [5, 5.41) is 9.82. The second-order valence-electron chi connectivity index (χ2n) is 7.42. The fraction of sp³-hybridized carbons (Fsp3) is 0.591. The first-order valence-electron chi connectivity index (χ1n) is 10.7. The molecule has 1 saturated carbocycles. The zero-order valence-corrected chi connectivity index (χ0v) is 19.2. The van der Waals surface area contributed by atoms with Crippen LogP contribution in [-0.2, 0) is 4.79 Å². The maximum atomic E-state index is 12.5. The Morgan fingerprint density at radius 2 is 1.70 bits per heavy atom. The molecule has 1 fully saturated rings. The van der Waals surface area contributed by atoms with E-state index in [4.69, 9.17) is 9.47 Å². The van der Waals surface area contributed by atoms with Gasteiger partial charge in [0.1, 0.15) is 11.5 Å². The van der Waals surface area contributed by atoms with Gasteiger partial charge in [-0.1, -0.05) is 31.0 Å². The molecule has 1 amide bonds. The van der Waals surface area contributed by atoms with Gasteiger partial charge in [-0.05, 0) is 38.8 Å². The van der Waals surface area contributed by atoms with Crippen LogP contribution in [0.5, 0.6) is 11.5 Å². The SMILES string of the molecule is CCN(CC)C(=O)CSc1nnc(-c2cc(OC)cc(OC)c2)n1C1CCCCC1. The lowest BCUT2D eigenvalue weighted by atomic mass is 9.95. The van der Waals surface area contributed by atoms with Crippen LogP contribution in [0.15, 0.2) is 23.4 Å². The lowest BCUT2D eigenvalue weighted by Crippen LogP contribution is -2.32. The predicted octanol–water partition coefficient (Wildman–Crippen LogP) is 4.43. The molecule has 1 aromatic heterocycles. The van der Waals surface area contributed by atoms with Gasteiger partial charge in [0.25, 0.3) is 0 Å². The molecule has 0 atom stereocenters. The third kappa shape index (κ3) is 5.09. The number of carbonyl (C=O) groups is 1. The van der Waals surface area contributed by atoms with Crippen molar-refractivity contribution in [2.75, 3.05) is 33.1 Å². The van der Waals surface area contributed by atoms with E-state index in [2.05, 4.69) is 14.8 Å². The Labute approximate surface area is 183 Å². The summed E-state index contributed by atoms with van der Waals surface area (Å²) < 4.78 is 13.1. The minimum atomic E-state index is 0.132. The van der Waals surface area contributed by atoms with Crippen LogP contribution in [0.4, 0.5) is 0 Å². The second kappa shape index (κ2) is 10.7. The maximum absolute atomic E-state index is 12.5. The number of ether oxygens (including phenoxy) is 2. The molecule has 7 nitrogen and oxygen atoms in total. The Morgan fingerprint density at radius 1 is 1.07 bits per heavy atom. The van der Waals surface area contributed by atoms with Crippen molar-refractivity contribution in [3.05, 3.63) is 18.2 Å². The van der Waals surface area contributed by atoms with E-state index >= 15 is 0 Å². The van der Waals surface area contributed by atoms with Crippen molar-refractivity contribution < 1.29 is 14.3 Å². The molecule has 2 aromatic rings. The van der Waals surface area contributed by atoms with Crippen molar-refractivity contribution in [3.8, 4) is 22.9 Å². The molecule has 0 unspecified atom stereocenters. The largest absolute Gasteiger partial charge is 0.497 e. The molecular formula is C22H32N4O3S. The highest BCUT2D eigenvalue weighted by Crippen LogP contribution is 2.37. The number of nitrogens with zero attached hydrogens (tertiary/aromatic N) is 4. The molecule has 8 heteroatoms. The second-order valence-corrected chi connectivity index (χ2v) is 8.37. The minimum absolute atomic E-state index is 0.132. The molecule has 0 bridgehead atoms. The molecule has 0 radical (unpaired) electrons. The molecule has 1 aromatic carbocycles. The topological polar surface area (TPSA) is 69.5 Å². The van der Waals surface area contributed by atoms with Gasteiger partial charge in [-0.25, -0.2) is 0 Å². The summed E-state index contributed by atoms with van der Waals surface area (Å²) in [6.07, 6.45) is 5.87. The lowest BCUT2D eigenvalue weighted by molar-refractivity contribution is -0.127. The maximum Gasteiger partial charge on any atom is 0.233 e. The van der Waals surface area contributed by atoms with Gasteiger partial charge in [0.2, 0.25) is 5.91 Å². The standard InChI is InChI=1S/C22H32N4O3S/c1-5-25(6-2)20(27)15-30-22-24-23-21(26(22)17-10-8-7-9-11-17)16-12-18(28-3)14-19(13-16)29-4/h12-14,17H,5-11,15H2,1-4H3. The fourth-order valence-corrected chi connectivity index (χ4v) is 4.88. The van der Waals surface area contributed by atoms with Crippen molar-refractivity contribution in [1.82, 2.24) is 19.7 Å². The number of carbonyl (C=O) groups excluding carboxylic acids is 1. The van der Waals surface area contributed by atoms with Crippen LogP contribution in [0.1, 0.15) is 52.0 Å². The summed E-state index contributed by atoms with van der Waals surface area (Å²) in [7, 11) is 3.29. The van der Waals surface area contributed by atoms with Crippen LogP contribution < -0.4 is 9.47 Å². The summed E-state index contributed by atoms with van der Waals surface area (Å²) >= 11 is 1.48. The van der Waals surface area contributed by atoms with E-state index in [0.29, 0.717) is 23.3 Å². The highest BCUT2D eigenvalue weighted by atomic mass is 32.2. The molecule has 164 valence electrons. The zero-order valence-electron chi connectivity index (χ0n) is 18.4. The number of aromatic nitrogens is 3. The van der Waals surface area contributed by atoms with Gasteiger partial charge in [0.15, 0.2) is 11.0 Å². The summed E-state index contributed by atoms with van der Waals surface area (Å²) in [5.74, 6) is 2.74. The number of hydrogen-bond acceptors (Lipinski definition) is 6. The van der Waals surface area contributed by atoms with Crippen LogP contribution >= 0.6 is 11.8 Å². The summed E-state index contributed by atoms with van der Waals surface area (Å²) in [6, 6.07) is 6.11. The van der Waals surface area contributed by atoms with Crippen LogP contribution in [0.25, 0.3) is 11.4 Å². The first-order chi connectivity index (χ1) is 14.6. The Bertz CT molecular complexity index is 823. The van der Waals surface area contributed by atoms with Crippen molar-refractivity contribution >= 4 is 17.7 Å². The van der Waals surface area contributed by atoms with Crippen molar-refractivity contribution in [2.45, 2.75) is 57.1 Å². The molecule has 0 saturated heterocycles. The Morgan fingerprint density at radius 3 is 2.27 bits per heavy atom. The van der Waals surface area contributed by atoms with E-state index in [1.54, 1.807) is 14.2 Å². The van der Waals surface area contributed by atoms with Crippen LogP contribution in [-0.4, -0.2) is 58.6 Å². The molecule has 1 heterocycles. The molecule has 1 aliphatic carbocycles. The first-order valence-corrected chi connectivity index (χ1v) is 11.7. The average Bonchev–Trinajstić information content (AvgIpc) is 3.22. The van der Waals surface area contributed by atoms with Gasteiger partial charge in [-0.15, -0.1) is 10.2 Å². The summed E-state index contributed by atoms with van der Waals surface area (Å²) in [5.41, 5.74) is 0.909. The number of benzene rings is 1. The monoisotopic (exact) mass is 432 g/mol. The molecular weight excluding hydrogens is 400 g/mol. The molecule has 30 heavy (non-hydrogen) atoms. The van der Waals surface area contributed by atoms with Gasteiger partial charge in [-0.2, -0.15) is 0 Å². The number of amides is 1. The zero-order chi connectivity index (χ0) is 21.5. The smallest absolute Gasteiger partial charge is 0.233 e. The summed E-state index contributed by atoms with van der Waals surface area (Å²) in [4.78, 5) is 14.4. The Hall–Kier alpha value is -2.22. The van der Waals surface area contributed by atoms with E-state index in [-0.39, 0.29) is 5.91 Å². The number of thioether (sulfide) groups is 1. The van der Waals surface area contributed by atoms with Gasteiger partial charge in [0, 0.05) is 30.8 Å². The summed E-state index contributed by atoms with van der Waals surface area (Å²) in [6.45, 7) is 5.45. The number of hydrogen-bond donors (Lipinski definition) is 0. The molecule has 1 aliphatic rings. The quantitative estimate of drug-likeness (QED) is 0.546. The lowest BCUT2D eigenvalue weighted by Gasteiger charge is -2.26. The predicted molar refractivity (Wildman–Crippen MR) is 119 cm³/mol. The molecule has 0 aliphatic heterocycles. The van der Waals surface area contributed by atoms with E-state index in [1.807, 2.05) is 36.9 Å². The molecule has 3 rings (SSSR count). The highest BCUT2D eigenvalue weighted by molar-refractivity contribution is 7.99. The Balaban J connectivity index is 1.95. The van der Waals surface area contributed by atoms with Crippen molar-refractivity contribution in [2.24, 2.45) is 0 Å². The minimum Gasteiger partial charge on any atom is -0.497 e. The molecule has 0 spiro atoms. The number of methoxy groups -OCH3 is 2. The number of rotatable bonds is 9. The van der Waals surface area contributed by atoms with Gasteiger partial charge >= 0.3 is 0 Å². The van der Waals surface area contributed by atoms with E-state index in [0.717, 1.165) is 42.5 Å². The molecule has 0 N–H and O–H groups in total. The average molecular weight is 433 g/mol. The van der Waals surface area contributed by atoms with Crippen LogP contribution in [0.2, 0.25) is 0 Å². The first kappa shape index (κ1) is 22.5. The third-order valence-electron chi connectivity index (χ3n) is 5.65. The van der Waals surface area contributed by atoms with E-state index in [9.17, 15) is 4.79 Å². The Kier molecular flexibility index (Phi) is 8.01. The van der Waals surface area contributed by atoms with Gasteiger partial charge in [0.05, 0.1) is 20.0 Å². The van der Waals surface area contributed by atoms with Crippen LogP contribution in [0, 0.1) is 0 Å². The van der Waals surface area contributed by atoms with Crippen molar-refractivity contribution in [1.29, 1.82) is 0 Å². The highest BCUT2D eigenvalue weighted by Gasteiger charge is 2.25. The van der Waals surface area contributed by atoms with Crippen LogP contribution in [0.3, 0.4) is 0 Å². The van der Waals surface area contributed by atoms with E-state index < -0.39 is 0 Å². The normalized spacial score (nSPS) is 14.5. The van der Waals surface area contributed by atoms with Gasteiger partial charge in [-0.3, -0.25) is 9.36 Å². The fourth-order valence-electron chi connectivity index (χ4n) is 3.97.